The number of ketones is 1. The molecule has 4 aromatic rings. The summed E-state index contributed by atoms with van der Waals surface area (Å²) >= 11 is 0. The number of nitrogens with one attached hydrogen (secondary N) is 1. The number of carbonyl (C=O) groups excluding carboxylic acids is 1. The minimum absolute atomic E-state index is 0.216. The van der Waals surface area contributed by atoms with Crippen molar-refractivity contribution in [2.45, 2.75) is 0 Å². The summed E-state index contributed by atoms with van der Waals surface area (Å²) in [4.78, 5) is 32.3. The van der Waals surface area contributed by atoms with Crippen LogP contribution < -0.4 is 19.9 Å². The van der Waals surface area contributed by atoms with Gasteiger partial charge in [0.25, 0.3) is 0 Å². The third kappa shape index (κ3) is 4.61. The van der Waals surface area contributed by atoms with Gasteiger partial charge in [-0.2, -0.15) is 0 Å². The van der Waals surface area contributed by atoms with Crippen molar-refractivity contribution in [1.29, 1.82) is 0 Å². The lowest BCUT2D eigenvalue weighted by molar-refractivity contribution is 0.104. The Hall–Kier alpha value is -4.59. The molecule has 0 aliphatic heterocycles. The number of pyridine rings is 1. The summed E-state index contributed by atoms with van der Waals surface area (Å²) in [6.45, 7) is 0. The number of rotatable bonds is 8. The van der Waals surface area contributed by atoms with E-state index in [1.807, 2.05) is 6.07 Å². The van der Waals surface area contributed by atoms with Gasteiger partial charge in [-0.1, -0.05) is 18.2 Å². The van der Waals surface area contributed by atoms with E-state index in [0.717, 1.165) is 5.56 Å². The number of benzene rings is 2. The number of imidazole rings is 1. The number of allylic oxidation sites excluding steroid dienone is 1. The highest BCUT2D eigenvalue weighted by Crippen LogP contribution is 2.38. The smallest absolute Gasteiger partial charge is 0.330 e. The van der Waals surface area contributed by atoms with Gasteiger partial charge in [-0.3, -0.25) is 14.3 Å². The van der Waals surface area contributed by atoms with Gasteiger partial charge in [-0.25, -0.2) is 4.79 Å². The largest absolute Gasteiger partial charge is 0.493 e. The maximum absolute atomic E-state index is 12.9. The number of hydrogen-bond donors (Lipinski definition) is 1. The van der Waals surface area contributed by atoms with Crippen LogP contribution in [-0.4, -0.2) is 41.6 Å². The van der Waals surface area contributed by atoms with E-state index in [2.05, 4.69) is 9.97 Å². The van der Waals surface area contributed by atoms with Gasteiger partial charge < -0.3 is 19.2 Å². The fraction of sp³-hybridized carbons (Fsp3) is 0.115. The SMILES string of the molecule is COc1cc(C=CC(=O)c2cccc(-n3cc(-c4cccnc4)[nH]c3=O)c2)cc(OC)c1OC. The topological polar surface area (TPSA) is 95.4 Å². The molecule has 0 unspecified atom stereocenters. The zero-order valence-electron chi connectivity index (χ0n) is 18.9. The average Bonchev–Trinajstić information content (AvgIpc) is 3.28. The van der Waals surface area contributed by atoms with Gasteiger partial charge in [0.1, 0.15) is 0 Å². The highest BCUT2D eigenvalue weighted by Gasteiger charge is 2.13. The predicted octanol–water partition coefficient (Wildman–Crippen LogP) is 4.15. The van der Waals surface area contributed by atoms with Crippen LogP contribution in [0.3, 0.4) is 0 Å². The highest BCUT2D eigenvalue weighted by atomic mass is 16.5. The first-order chi connectivity index (χ1) is 16.5. The fourth-order valence-electron chi connectivity index (χ4n) is 3.53. The maximum atomic E-state index is 12.9. The summed E-state index contributed by atoms with van der Waals surface area (Å²) in [5.41, 5.74) is 2.84. The Kier molecular flexibility index (Phi) is 6.59. The third-order valence-electron chi connectivity index (χ3n) is 5.21. The lowest BCUT2D eigenvalue weighted by atomic mass is 10.1. The molecule has 0 atom stereocenters. The Morgan fingerprint density at radius 3 is 2.41 bits per heavy atom. The van der Waals surface area contributed by atoms with Gasteiger partial charge in [-0.15, -0.1) is 0 Å². The zero-order valence-corrected chi connectivity index (χ0v) is 18.9. The second-order valence-corrected chi connectivity index (χ2v) is 7.29. The van der Waals surface area contributed by atoms with Crippen molar-refractivity contribution in [2.24, 2.45) is 0 Å². The first-order valence-corrected chi connectivity index (χ1v) is 10.4. The highest BCUT2D eigenvalue weighted by molar-refractivity contribution is 6.07. The molecule has 172 valence electrons. The molecule has 0 aliphatic carbocycles. The van der Waals surface area contributed by atoms with Gasteiger partial charge in [0, 0.05) is 29.7 Å². The van der Waals surface area contributed by atoms with Gasteiger partial charge in [0.15, 0.2) is 17.3 Å². The molecule has 1 N–H and O–H groups in total. The standard InChI is InChI=1S/C26H23N3O5/c1-32-23-12-17(13-24(33-2)25(23)34-3)9-10-22(30)18-6-4-8-20(14-18)29-16-21(28-26(29)31)19-7-5-11-27-15-19/h4-16H,1-3H3,(H,28,31). The number of H-pyrrole nitrogens is 1. The molecule has 0 saturated heterocycles. The second kappa shape index (κ2) is 9.91. The normalized spacial score (nSPS) is 10.9. The Labute approximate surface area is 196 Å². The predicted molar refractivity (Wildman–Crippen MR) is 129 cm³/mol. The van der Waals surface area contributed by atoms with Crippen molar-refractivity contribution in [3.63, 3.8) is 0 Å². The summed E-state index contributed by atoms with van der Waals surface area (Å²) in [5.74, 6) is 1.25. The van der Waals surface area contributed by atoms with Crippen molar-refractivity contribution in [3.05, 3.63) is 94.8 Å². The van der Waals surface area contributed by atoms with Gasteiger partial charge in [0.05, 0.1) is 32.7 Å². The van der Waals surface area contributed by atoms with Crippen LogP contribution in [0.2, 0.25) is 0 Å². The van der Waals surface area contributed by atoms with Crippen LogP contribution in [0.4, 0.5) is 0 Å². The Balaban J connectivity index is 1.61. The molecule has 0 radical (unpaired) electrons. The minimum atomic E-state index is -0.309. The molecule has 0 fully saturated rings. The summed E-state index contributed by atoms with van der Waals surface area (Å²) < 4.78 is 17.5. The molecular formula is C26H23N3O5. The van der Waals surface area contributed by atoms with Crippen LogP contribution in [0.5, 0.6) is 17.2 Å². The first kappa shape index (κ1) is 22.6. The molecule has 0 saturated carbocycles. The van der Waals surface area contributed by atoms with Gasteiger partial charge in [-0.05, 0) is 48.0 Å². The molecule has 0 amide bonds. The molecule has 0 bridgehead atoms. The summed E-state index contributed by atoms with van der Waals surface area (Å²) in [7, 11) is 4.59. The average molecular weight is 457 g/mol. The van der Waals surface area contributed by atoms with Gasteiger partial charge in [0.2, 0.25) is 5.75 Å². The molecular weight excluding hydrogens is 434 g/mol. The Morgan fingerprint density at radius 2 is 1.76 bits per heavy atom. The minimum Gasteiger partial charge on any atom is -0.493 e. The molecule has 8 heteroatoms. The first-order valence-electron chi connectivity index (χ1n) is 10.4. The summed E-state index contributed by atoms with van der Waals surface area (Å²) in [5, 5.41) is 0. The number of ether oxygens (including phenoxy) is 3. The van der Waals surface area contributed by atoms with E-state index in [1.54, 1.807) is 67.1 Å². The van der Waals surface area contributed by atoms with Crippen LogP contribution >= 0.6 is 0 Å². The van der Waals surface area contributed by atoms with Crippen molar-refractivity contribution in [2.75, 3.05) is 21.3 Å². The van der Waals surface area contributed by atoms with Crippen molar-refractivity contribution in [1.82, 2.24) is 14.5 Å². The van der Waals surface area contributed by atoms with Crippen LogP contribution in [0.15, 0.2) is 78.0 Å². The second-order valence-electron chi connectivity index (χ2n) is 7.29. The molecule has 0 aliphatic rings. The van der Waals surface area contributed by atoms with E-state index in [1.165, 1.54) is 32.0 Å². The molecule has 2 aromatic heterocycles. The van der Waals surface area contributed by atoms with Crippen molar-refractivity contribution >= 4 is 11.9 Å². The summed E-state index contributed by atoms with van der Waals surface area (Å²) in [6.07, 6.45) is 8.15. The molecule has 4 rings (SSSR count). The van der Waals surface area contributed by atoms with Gasteiger partial charge >= 0.3 is 5.69 Å². The monoisotopic (exact) mass is 457 g/mol. The lowest BCUT2D eigenvalue weighted by Crippen LogP contribution is -2.14. The van der Waals surface area contributed by atoms with Crippen LogP contribution in [0.1, 0.15) is 15.9 Å². The Bertz CT molecular complexity index is 1380. The van der Waals surface area contributed by atoms with Crippen LogP contribution in [0.25, 0.3) is 23.0 Å². The molecule has 8 nitrogen and oxygen atoms in total. The molecule has 2 aromatic carbocycles. The number of nitrogens with zero attached hydrogens (tertiary/aromatic N) is 2. The Morgan fingerprint density at radius 1 is 1.00 bits per heavy atom. The van der Waals surface area contributed by atoms with Crippen LogP contribution in [-0.2, 0) is 0 Å². The zero-order chi connectivity index (χ0) is 24.1. The third-order valence-corrected chi connectivity index (χ3v) is 5.21. The van der Waals surface area contributed by atoms with Crippen molar-refractivity contribution in [3.8, 4) is 34.2 Å². The van der Waals surface area contributed by atoms with E-state index < -0.39 is 0 Å². The van der Waals surface area contributed by atoms with Crippen molar-refractivity contribution < 1.29 is 19.0 Å². The quantitative estimate of drug-likeness (QED) is 0.316. The maximum Gasteiger partial charge on any atom is 0.330 e. The van der Waals surface area contributed by atoms with Crippen LogP contribution in [0, 0.1) is 0 Å². The molecule has 34 heavy (non-hydrogen) atoms. The number of aromatic nitrogens is 3. The fourth-order valence-corrected chi connectivity index (χ4v) is 3.53. The molecule has 0 spiro atoms. The van der Waals surface area contributed by atoms with E-state index in [0.29, 0.717) is 39.8 Å². The van der Waals surface area contributed by atoms with E-state index in [9.17, 15) is 9.59 Å². The summed E-state index contributed by atoms with van der Waals surface area (Å²) in [6, 6.07) is 14.0. The van der Waals surface area contributed by atoms with E-state index in [-0.39, 0.29) is 11.5 Å². The lowest BCUT2D eigenvalue weighted by Gasteiger charge is -2.12. The molecule has 2 heterocycles. The number of aromatic amines is 1. The number of methoxy groups -OCH3 is 3. The number of carbonyl (C=O) groups is 1. The van der Waals surface area contributed by atoms with E-state index >= 15 is 0 Å². The number of hydrogen-bond acceptors (Lipinski definition) is 6. The van der Waals surface area contributed by atoms with E-state index in [4.69, 9.17) is 14.2 Å².